The zero-order valence-electron chi connectivity index (χ0n) is 8.19. The molecule has 1 heterocycles. The number of anilines is 1. The van der Waals surface area contributed by atoms with Gasteiger partial charge in [-0.25, -0.2) is 4.39 Å². The molecule has 1 aliphatic rings. The quantitative estimate of drug-likeness (QED) is 0.729. The van der Waals surface area contributed by atoms with Crippen molar-refractivity contribution in [2.75, 3.05) is 18.0 Å². The molecule has 0 N–H and O–H groups in total. The van der Waals surface area contributed by atoms with Gasteiger partial charge in [0.2, 0.25) is 0 Å². The molecule has 0 saturated heterocycles. The van der Waals surface area contributed by atoms with E-state index in [-0.39, 0.29) is 10.8 Å². The van der Waals surface area contributed by atoms with Crippen LogP contribution < -0.4 is 4.90 Å². The van der Waals surface area contributed by atoms with E-state index in [0.717, 1.165) is 37.2 Å². The molecule has 0 atom stereocenters. The smallest absolute Gasteiger partial charge is 0.142 e. The molecule has 0 unspecified atom stereocenters. The van der Waals surface area contributed by atoms with Crippen molar-refractivity contribution in [1.82, 2.24) is 0 Å². The Balaban J connectivity index is 2.35. The molecule has 1 nitrogen and oxygen atoms in total. The predicted octanol–water partition coefficient (Wildman–Crippen LogP) is 3.25. The summed E-state index contributed by atoms with van der Waals surface area (Å²) in [5.74, 6) is -0.302. The lowest BCUT2D eigenvalue weighted by molar-refractivity contribution is 0.627. The summed E-state index contributed by atoms with van der Waals surface area (Å²) in [5.41, 5.74) is 2.19. The average Bonchev–Trinajstić information content (AvgIpc) is 2.51. The van der Waals surface area contributed by atoms with Crippen molar-refractivity contribution in [3.8, 4) is 0 Å². The van der Waals surface area contributed by atoms with Crippen molar-refractivity contribution < 1.29 is 4.39 Å². The molecular formula is C11H13ClFN. The van der Waals surface area contributed by atoms with Gasteiger partial charge in [-0.15, -0.1) is 0 Å². The first kappa shape index (κ1) is 9.78. The molecule has 0 fully saturated rings. The second kappa shape index (κ2) is 3.77. The zero-order chi connectivity index (χ0) is 10.1. The molecule has 0 radical (unpaired) electrons. The Bertz CT molecular complexity index is 351. The minimum atomic E-state index is -0.302. The van der Waals surface area contributed by atoms with Crippen LogP contribution in [0.25, 0.3) is 0 Å². The Kier molecular flexibility index (Phi) is 2.64. The molecule has 0 spiro atoms. The van der Waals surface area contributed by atoms with Crippen LogP contribution in [-0.4, -0.2) is 13.1 Å². The highest BCUT2D eigenvalue weighted by Gasteiger charge is 2.20. The summed E-state index contributed by atoms with van der Waals surface area (Å²) in [4.78, 5) is 2.26. The fraction of sp³-hybridized carbons (Fsp3) is 0.455. The van der Waals surface area contributed by atoms with E-state index in [0.29, 0.717) is 0 Å². The third-order valence-corrected chi connectivity index (χ3v) is 2.90. The number of rotatable bonds is 2. The number of halogens is 2. The van der Waals surface area contributed by atoms with Gasteiger partial charge in [-0.3, -0.25) is 0 Å². The van der Waals surface area contributed by atoms with Gasteiger partial charge in [-0.1, -0.05) is 18.5 Å². The molecule has 0 aromatic heterocycles. The summed E-state index contributed by atoms with van der Waals surface area (Å²) < 4.78 is 13.1. The lowest BCUT2D eigenvalue weighted by Gasteiger charge is -2.18. The predicted molar refractivity (Wildman–Crippen MR) is 57.6 cm³/mol. The summed E-state index contributed by atoms with van der Waals surface area (Å²) in [7, 11) is 0. The van der Waals surface area contributed by atoms with Gasteiger partial charge in [0.1, 0.15) is 5.82 Å². The van der Waals surface area contributed by atoms with Gasteiger partial charge >= 0.3 is 0 Å². The number of hydrogen-bond acceptors (Lipinski definition) is 1. The second-order valence-corrected chi connectivity index (χ2v) is 4.04. The lowest BCUT2D eigenvalue weighted by atomic mass is 10.1. The van der Waals surface area contributed by atoms with E-state index in [4.69, 9.17) is 11.6 Å². The molecule has 3 heteroatoms. The zero-order valence-corrected chi connectivity index (χ0v) is 8.94. The molecular weight excluding hydrogens is 201 g/mol. The number of hydrogen-bond donors (Lipinski definition) is 0. The highest BCUT2D eigenvalue weighted by Crippen LogP contribution is 2.32. The van der Waals surface area contributed by atoms with Gasteiger partial charge in [0.25, 0.3) is 0 Å². The Morgan fingerprint density at radius 1 is 1.50 bits per heavy atom. The van der Waals surface area contributed by atoms with E-state index >= 15 is 0 Å². The summed E-state index contributed by atoms with van der Waals surface area (Å²) in [6.45, 7) is 4.15. The molecule has 0 saturated carbocycles. The van der Waals surface area contributed by atoms with Crippen LogP contribution in [0.2, 0.25) is 5.02 Å². The molecule has 0 aliphatic carbocycles. The van der Waals surface area contributed by atoms with E-state index in [2.05, 4.69) is 11.8 Å². The van der Waals surface area contributed by atoms with Crippen LogP contribution in [0.1, 0.15) is 18.9 Å². The highest BCUT2D eigenvalue weighted by atomic mass is 35.5. The molecule has 1 aromatic carbocycles. The van der Waals surface area contributed by atoms with Crippen molar-refractivity contribution in [2.45, 2.75) is 19.8 Å². The van der Waals surface area contributed by atoms with Crippen LogP contribution in [0.5, 0.6) is 0 Å². The van der Waals surface area contributed by atoms with Crippen molar-refractivity contribution in [1.29, 1.82) is 0 Å². The number of nitrogens with zero attached hydrogens (tertiary/aromatic N) is 1. The van der Waals surface area contributed by atoms with Gasteiger partial charge in [-0.05, 0) is 30.5 Å². The standard InChI is InChI=1S/C11H13ClFN/c1-2-4-14-5-3-8-6-10(13)9(12)7-11(8)14/h6-7H,2-5H2,1H3. The van der Waals surface area contributed by atoms with E-state index in [1.54, 1.807) is 12.1 Å². The maximum absolute atomic E-state index is 13.1. The van der Waals surface area contributed by atoms with Gasteiger partial charge in [0.05, 0.1) is 5.02 Å². The third kappa shape index (κ3) is 1.59. The van der Waals surface area contributed by atoms with E-state index in [9.17, 15) is 4.39 Å². The molecule has 1 aliphatic heterocycles. The molecule has 1 aromatic rings. The van der Waals surface area contributed by atoms with Crippen molar-refractivity contribution in [2.24, 2.45) is 0 Å². The number of fused-ring (bicyclic) bond motifs is 1. The topological polar surface area (TPSA) is 3.24 Å². The van der Waals surface area contributed by atoms with Crippen LogP contribution in [0, 0.1) is 5.82 Å². The maximum atomic E-state index is 13.1. The van der Waals surface area contributed by atoms with E-state index in [1.807, 2.05) is 0 Å². The maximum Gasteiger partial charge on any atom is 0.142 e. The van der Waals surface area contributed by atoms with Gasteiger partial charge < -0.3 is 4.90 Å². The molecule has 14 heavy (non-hydrogen) atoms. The fourth-order valence-electron chi connectivity index (χ4n) is 1.95. The van der Waals surface area contributed by atoms with Crippen LogP contribution >= 0.6 is 11.6 Å². The van der Waals surface area contributed by atoms with Crippen molar-refractivity contribution in [3.05, 3.63) is 28.5 Å². The Morgan fingerprint density at radius 2 is 2.29 bits per heavy atom. The molecule has 2 rings (SSSR count). The van der Waals surface area contributed by atoms with E-state index in [1.165, 1.54) is 0 Å². The first-order valence-corrected chi connectivity index (χ1v) is 5.33. The van der Waals surface area contributed by atoms with Crippen LogP contribution in [0.4, 0.5) is 10.1 Å². The molecule has 0 amide bonds. The SMILES string of the molecule is CCCN1CCc2cc(F)c(Cl)cc21. The fourth-order valence-corrected chi connectivity index (χ4v) is 2.11. The van der Waals surface area contributed by atoms with Crippen molar-refractivity contribution in [3.63, 3.8) is 0 Å². The lowest BCUT2D eigenvalue weighted by Crippen LogP contribution is -2.20. The largest absolute Gasteiger partial charge is 0.371 e. The minimum Gasteiger partial charge on any atom is -0.371 e. The first-order chi connectivity index (χ1) is 6.72. The first-order valence-electron chi connectivity index (χ1n) is 4.95. The number of benzene rings is 1. The molecule has 76 valence electrons. The third-order valence-electron chi connectivity index (χ3n) is 2.61. The summed E-state index contributed by atoms with van der Waals surface area (Å²) in [6.07, 6.45) is 2.04. The van der Waals surface area contributed by atoms with Gasteiger partial charge in [-0.2, -0.15) is 0 Å². The normalized spacial score (nSPS) is 14.6. The van der Waals surface area contributed by atoms with Crippen LogP contribution in [0.3, 0.4) is 0 Å². The van der Waals surface area contributed by atoms with Crippen LogP contribution in [0.15, 0.2) is 12.1 Å². The van der Waals surface area contributed by atoms with E-state index < -0.39 is 0 Å². The summed E-state index contributed by atoms with van der Waals surface area (Å²) in [6, 6.07) is 3.31. The summed E-state index contributed by atoms with van der Waals surface area (Å²) in [5, 5.41) is 0.228. The average molecular weight is 214 g/mol. The monoisotopic (exact) mass is 213 g/mol. The Morgan fingerprint density at radius 3 is 3.00 bits per heavy atom. The van der Waals surface area contributed by atoms with Gasteiger partial charge in [0.15, 0.2) is 0 Å². The molecule has 0 bridgehead atoms. The van der Waals surface area contributed by atoms with Crippen molar-refractivity contribution >= 4 is 17.3 Å². The highest BCUT2D eigenvalue weighted by molar-refractivity contribution is 6.31. The Hall–Kier alpha value is -0.760. The summed E-state index contributed by atoms with van der Waals surface area (Å²) >= 11 is 5.76. The minimum absolute atomic E-state index is 0.228. The Labute approximate surface area is 88.5 Å². The second-order valence-electron chi connectivity index (χ2n) is 3.63. The van der Waals surface area contributed by atoms with Gasteiger partial charge in [0, 0.05) is 18.8 Å². The van der Waals surface area contributed by atoms with Crippen LogP contribution in [-0.2, 0) is 6.42 Å².